The van der Waals surface area contributed by atoms with Gasteiger partial charge >= 0.3 is 174 Å². The summed E-state index contributed by atoms with van der Waals surface area (Å²) < 4.78 is 64.1. The summed E-state index contributed by atoms with van der Waals surface area (Å²) in [6.07, 6.45) is -4.50. The van der Waals surface area contributed by atoms with Crippen molar-refractivity contribution in [3.8, 4) is 11.5 Å². The van der Waals surface area contributed by atoms with Gasteiger partial charge in [0.25, 0.3) is 24.6 Å². The van der Waals surface area contributed by atoms with Crippen molar-refractivity contribution < 1.29 is 246 Å². The molecule has 4 aromatic carbocycles. The Labute approximate surface area is 741 Å². The fourth-order valence-electron chi connectivity index (χ4n) is 7.35. The van der Waals surface area contributed by atoms with E-state index in [2.05, 4.69) is 26.2 Å². The minimum Gasteiger partial charge on any atom is -1.00 e. The zero-order chi connectivity index (χ0) is 78.6. The van der Waals surface area contributed by atoms with E-state index in [9.17, 15) is 42.7 Å². The van der Waals surface area contributed by atoms with Gasteiger partial charge in [0.2, 0.25) is 0 Å². The van der Waals surface area contributed by atoms with Crippen molar-refractivity contribution in [3.05, 3.63) is 129 Å². The Morgan fingerprint density at radius 3 is 1.16 bits per heavy atom. The van der Waals surface area contributed by atoms with Crippen LogP contribution in [0.3, 0.4) is 0 Å². The van der Waals surface area contributed by atoms with Crippen LogP contribution in [-0.4, -0.2) is 140 Å². The van der Waals surface area contributed by atoms with Gasteiger partial charge in [-0.05, 0) is 166 Å². The summed E-state index contributed by atoms with van der Waals surface area (Å²) in [4.78, 5) is 108. The zero-order valence-corrected chi connectivity index (χ0v) is 78.2. The van der Waals surface area contributed by atoms with E-state index in [0.717, 1.165) is 11.1 Å². The summed E-state index contributed by atoms with van der Waals surface area (Å²) in [5.41, 5.74) is -2.66. The standard InChI is InChI=1S/C35H49ClN2O9.C19H20ClNO4.C16H30ClNO5.CH3F.CH2O3.2Cs.H/c1-22(2)29(45-32(42)43-27(33(3,4)5)21-38-31(41)47-34(6,7)8)44-30(40)35(9,10)46-26-17-11-23(12-18-26)19-20-37-28(39)24-13-15-25(36)16-14-24;1-19(2,18(23)24)25-16-9-3-13(4-10-16)11-12-21-17(22)14-5-7-15(20)8-6-14;1-10(2)12(17)22-14(20)21-11(15(3,4)5)9-18-13(19)23-16(6,7)8;1-2;2-1-4-3;;;/h11-18,22,27,29H,19-21H2,1-10H3,(H,37,39)(H,38,41);3-10H,11-12H2,1-2H3,(H,21,22)(H,23,24);10-12H,9H2,1-8H3,(H,18,19);1H3;1,3H;;;/q;;;;;2*+1;-1/p-1/i;;;1D;;;;. The van der Waals surface area contributed by atoms with E-state index in [4.69, 9.17) is 94.0 Å². The summed E-state index contributed by atoms with van der Waals surface area (Å²) in [6.45, 7) is 35.8. The summed E-state index contributed by atoms with van der Waals surface area (Å²) >= 11 is 17.6. The fraction of sp³-hybridized carbons (Fsp3) is 0.542. The molecule has 0 aliphatic rings. The second-order valence-corrected chi connectivity index (χ2v) is 29.4. The third-order valence-electron chi connectivity index (χ3n) is 13.0. The van der Waals surface area contributed by atoms with Crippen molar-refractivity contribution in [2.24, 2.45) is 22.7 Å². The predicted molar refractivity (Wildman–Crippen MR) is 379 cm³/mol. The Hall–Kier alpha value is -4.23. The van der Waals surface area contributed by atoms with Gasteiger partial charge in [0.1, 0.15) is 34.9 Å². The van der Waals surface area contributed by atoms with Gasteiger partial charge in [-0.2, -0.15) is 0 Å². The van der Waals surface area contributed by atoms with Crippen molar-refractivity contribution >= 4 is 89.5 Å². The number of nitrogens with one attached hydrogen (secondary N) is 4. The normalized spacial score (nSPS) is 12.4. The quantitative estimate of drug-likeness (QED) is 0.00754. The number of alkyl halides is 2. The molecule has 0 fully saturated rings. The molecule has 31 heteroatoms. The molecular formula is C72H104Cl3Cs2FN4O21. The molecule has 0 bridgehead atoms. The van der Waals surface area contributed by atoms with Gasteiger partial charge in [-0.25, -0.2) is 28.8 Å². The van der Waals surface area contributed by atoms with Crippen LogP contribution in [0.4, 0.5) is 23.6 Å². The molecule has 0 aromatic heterocycles. The first-order valence-corrected chi connectivity index (χ1v) is 33.2. The summed E-state index contributed by atoms with van der Waals surface area (Å²) in [5.74, 6) is -1.65. The molecule has 4 unspecified atom stereocenters. The second-order valence-electron chi connectivity index (χ2n) is 28.1. The van der Waals surface area contributed by atoms with Crippen LogP contribution >= 0.6 is 34.8 Å². The van der Waals surface area contributed by atoms with Gasteiger partial charge in [0, 0.05) is 56.9 Å². The number of amides is 4. The van der Waals surface area contributed by atoms with Crippen molar-refractivity contribution in [2.75, 3.05) is 33.3 Å². The Bertz CT molecular complexity index is 3230. The van der Waals surface area contributed by atoms with E-state index in [1.54, 1.807) is 142 Å². The molecule has 5 N–H and O–H groups in total. The Kier molecular flexibility index (Phi) is 49.3. The van der Waals surface area contributed by atoms with Crippen LogP contribution in [0.1, 0.15) is 173 Å². The SMILES string of the molecule is CC(C)(Oc1ccc(CCNC(=O)c2ccc(Cl)cc2)cc1)C(=O)O.CC(C)C(Cl)OC(=O)OC(CNC(=O)OC(C)(C)C)C(C)(C)C.CC(C)C(OC(=O)OC(CNC(=O)OC(C)(C)C)C(C)(C)C)OC(=O)C(C)(C)Oc1ccc(CCNC(=O)c2ccc(Cl)cc2)cc1.O=CO[O-].[2H]CF.[Cs+].[Cs+].[H-]. The van der Waals surface area contributed by atoms with Crippen LogP contribution in [0.15, 0.2) is 97.1 Å². The first kappa shape index (κ1) is 101. The number of carbonyl (C=O) groups is 9. The molecule has 4 aromatic rings. The predicted octanol–water partition coefficient (Wildman–Crippen LogP) is 8.08. The number of ether oxygens (including phenoxy) is 9. The number of esters is 1. The molecule has 0 saturated carbocycles. The van der Waals surface area contributed by atoms with Gasteiger partial charge in [-0.3, -0.25) is 18.8 Å². The number of halogens is 4. The number of hydrogen-bond donors (Lipinski definition) is 5. The average Bonchev–Trinajstić information content (AvgIpc) is 0.868. The van der Waals surface area contributed by atoms with E-state index >= 15 is 0 Å². The smallest absolute Gasteiger partial charge is 1.00 e. The fourth-order valence-corrected chi connectivity index (χ4v) is 7.68. The molecule has 0 saturated heterocycles. The average molecular weight is 1750 g/mol. The number of alkyl carbamates (subject to hydrolysis) is 2. The maximum Gasteiger partial charge on any atom is 1.00 e. The molecule has 568 valence electrons. The van der Waals surface area contributed by atoms with Crippen molar-refractivity contribution in [1.82, 2.24) is 21.3 Å². The first-order valence-electron chi connectivity index (χ1n) is 32.7. The molecule has 4 atom stereocenters. The molecule has 0 aliphatic carbocycles. The first-order chi connectivity index (χ1) is 47.0. The largest absolute Gasteiger partial charge is 1.00 e. The topological polar surface area (TPSA) is 337 Å². The number of hydrogen-bond acceptors (Lipinski definition) is 20. The Morgan fingerprint density at radius 1 is 0.534 bits per heavy atom. The summed E-state index contributed by atoms with van der Waals surface area (Å²) in [5, 5.41) is 29.6. The molecule has 103 heavy (non-hydrogen) atoms. The second kappa shape index (κ2) is 50.4. The van der Waals surface area contributed by atoms with Gasteiger partial charge in [0.15, 0.2) is 16.8 Å². The van der Waals surface area contributed by atoms with Gasteiger partial charge in [-0.15, -0.1) is 0 Å². The number of benzene rings is 4. The van der Waals surface area contributed by atoms with Crippen LogP contribution in [0, 0.1) is 22.7 Å². The third-order valence-corrected chi connectivity index (χ3v) is 14.1. The Morgan fingerprint density at radius 2 is 0.864 bits per heavy atom. The van der Waals surface area contributed by atoms with Gasteiger partial charge in [-0.1, -0.05) is 128 Å². The van der Waals surface area contributed by atoms with Crippen molar-refractivity contribution in [2.45, 2.75) is 198 Å². The molecule has 0 radical (unpaired) electrons. The van der Waals surface area contributed by atoms with Crippen LogP contribution < -0.4 is 174 Å². The van der Waals surface area contributed by atoms with E-state index in [1.807, 2.05) is 79.7 Å². The molecule has 25 nitrogen and oxygen atoms in total. The molecule has 4 amide bonds. The number of carboxylic acids is 1. The summed E-state index contributed by atoms with van der Waals surface area (Å²) in [7, 11) is -1.00. The number of aliphatic carboxylic acids is 1. The molecule has 4 rings (SSSR count). The van der Waals surface area contributed by atoms with Crippen molar-refractivity contribution in [1.29, 1.82) is 0 Å². The molecule has 0 aliphatic heterocycles. The van der Waals surface area contributed by atoms with Crippen LogP contribution in [0.5, 0.6) is 11.5 Å². The molecule has 0 spiro atoms. The van der Waals surface area contributed by atoms with E-state index in [1.165, 1.54) is 13.8 Å². The maximum atomic E-state index is 13.2. The van der Waals surface area contributed by atoms with Crippen molar-refractivity contribution in [3.63, 3.8) is 0 Å². The Balaban J connectivity index is -0.000000742. The molecule has 0 heterocycles. The minimum absolute atomic E-state index is 0. The maximum absolute atomic E-state index is 13.2. The monoisotopic (exact) mass is 1750 g/mol. The zero-order valence-electron chi connectivity index (χ0n) is 65.4. The van der Waals surface area contributed by atoms with E-state index in [0.29, 0.717) is 58.6 Å². The minimum atomic E-state index is -1.43. The number of carbonyl (C=O) groups excluding carboxylic acids is 8. The number of carboxylic acid groups (broad SMARTS) is 1. The van der Waals surface area contributed by atoms with Crippen LogP contribution in [-0.2, 0) is 65.3 Å². The van der Waals surface area contributed by atoms with Crippen LogP contribution in [0.2, 0.25) is 10.0 Å². The number of rotatable bonds is 26. The van der Waals surface area contributed by atoms with E-state index in [-0.39, 0.29) is 177 Å². The molecular weight excluding hydrogens is 1650 g/mol. The summed E-state index contributed by atoms with van der Waals surface area (Å²) in [6, 6.07) is 27.6. The van der Waals surface area contributed by atoms with Gasteiger partial charge < -0.3 is 80.6 Å². The van der Waals surface area contributed by atoms with E-state index < -0.39 is 107 Å². The third kappa shape index (κ3) is 46.6. The van der Waals surface area contributed by atoms with Gasteiger partial charge in [0.05, 0.1) is 21.6 Å². The van der Waals surface area contributed by atoms with Crippen LogP contribution in [0.25, 0.3) is 0 Å².